The molecule has 0 amide bonds. The summed E-state index contributed by atoms with van der Waals surface area (Å²) < 4.78 is 18.8. The highest BCUT2D eigenvalue weighted by Crippen LogP contribution is 2.49. The van der Waals surface area contributed by atoms with Crippen molar-refractivity contribution in [3.8, 4) is 5.75 Å². The lowest BCUT2D eigenvalue weighted by Gasteiger charge is -2.20. The number of carbonyl (C=O) groups excluding carboxylic acids is 1. The molecule has 2 saturated carbocycles. The smallest absolute Gasteiger partial charge is 0.169 e. The molecule has 3 unspecified atom stereocenters. The van der Waals surface area contributed by atoms with Crippen LogP contribution in [0.25, 0.3) is 0 Å². The van der Waals surface area contributed by atoms with Crippen LogP contribution in [0.1, 0.15) is 36.0 Å². The Morgan fingerprint density at radius 2 is 2.17 bits per heavy atom. The van der Waals surface area contributed by atoms with E-state index in [-0.39, 0.29) is 17.3 Å². The van der Waals surface area contributed by atoms with Crippen LogP contribution in [0.3, 0.4) is 0 Å². The van der Waals surface area contributed by atoms with Crippen molar-refractivity contribution in [2.75, 3.05) is 7.11 Å². The van der Waals surface area contributed by atoms with Crippen molar-refractivity contribution in [3.63, 3.8) is 0 Å². The number of hydrogen-bond acceptors (Lipinski definition) is 2. The number of fused-ring (bicyclic) bond motifs is 2. The van der Waals surface area contributed by atoms with Gasteiger partial charge in [-0.25, -0.2) is 4.39 Å². The van der Waals surface area contributed by atoms with Crippen molar-refractivity contribution in [3.05, 3.63) is 29.6 Å². The van der Waals surface area contributed by atoms with E-state index in [1.807, 2.05) is 0 Å². The summed E-state index contributed by atoms with van der Waals surface area (Å²) in [5.41, 5.74) is 0.230. The van der Waals surface area contributed by atoms with E-state index in [9.17, 15) is 9.18 Å². The van der Waals surface area contributed by atoms with Crippen LogP contribution in [0.15, 0.2) is 18.2 Å². The highest BCUT2D eigenvalue weighted by atomic mass is 19.1. The molecule has 2 bridgehead atoms. The van der Waals surface area contributed by atoms with E-state index < -0.39 is 5.82 Å². The minimum Gasteiger partial charge on any atom is -0.497 e. The molecule has 0 aliphatic heterocycles. The Balaban J connectivity index is 1.84. The van der Waals surface area contributed by atoms with Gasteiger partial charge in [-0.05, 0) is 43.2 Å². The second-order valence-electron chi connectivity index (χ2n) is 5.49. The molecular formula is C15H17FO2. The van der Waals surface area contributed by atoms with E-state index in [0.29, 0.717) is 17.6 Å². The fourth-order valence-corrected chi connectivity index (χ4v) is 3.59. The first-order valence-electron chi connectivity index (χ1n) is 6.57. The SMILES string of the molecule is COc1ccc(C(=O)C2CC3CCC2C3)c(F)c1. The molecule has 0 saturated heterocycles. The normalized spacial score (nSPS) is 29.6. The van der Waals surface area contributed by atoms with Crippen LogP contribution < -0.4 is 4.74 Å². The van der Waals surface area contributed by atoms with Crippen LogP contribution in [0.5, 0.6) is 5.75 Å². The number of benzene rings is 1. The number of ketones is 1. The molecule has 0 heterocycles. The fraction of sp³-hybridized carbons (Fsp3) is 0.533. The summed E-state index contributed by atoms with van der Waals surface area (Å²) in [6, 6.07) is 4.51. The van der Waals surface area contributed by atoms with Crippen LogP contribution in [0.4, 0.5) is 4.39 Å². The second-order valence-corrected chi connectivity index (χ2v) is 5.49. The molecule has 1 aromatic rings. The summed E-state index contributed by atoms with van der Waals surface area (Å²) in [5.74, 6) is 1.22. The molecular weight excluding hydrogens is 231 g/mol. The predicted molar refractivity (Wildman–Crippen MR) is 66.2 cm³/mol. The zero-order valence-corrected chi connectivity index (χ0v) is 10.5. The maximum Gasteiger partial charge on any atom is 0.169 e. The summed E-state index contributed by atoms with van der Waals surface area (Å²) >= 11 is 0. The number of hydrogen-bond donors (Lipinski definition) is 0. The molecule has 3 rings (SSSR count). The molecule has 0 aromatic heterocycles. The Labute approximate surface area is 106 Å². The van der Waals surface area contributed by atoms with Gasteiger partial charge < -0.3 is 4.74 Å². The fourth-order valence-electron chi connectivity index (χ4n) is 3.59. The monoisotopic (exact) mass is 248 g/mol. The van der Waals surface area contributed by atoms with Crippen LogP contribution in [-0.2, 0) is 0 Å². The summed E-state index contributed by atoms with van der Waals surface area (Å²) in [6.07, 6.45) is 4.50. The molecule has 2 nitrogen and oxygen atoms in total. The van der Waals surface area contributed by atoms with Crippen LogP contribution in [0.2, 0.25) is 0 Å². The quantitative estimate of drug-likeness (QED) is 0.766. The average molecular weight is 248 g/mol. The Kier molecular flexibility index (Phi) is 2.84. The minimum absolute atomic E-state index is 0.0117. The summed E-state index contributed by atoms with van der Waals surface area (Å²) in [7, 11) is 1.49. The predicted octanol–water partition coefficient (Wildman–Crippen LogP) is 3.45. The van der Waals surface area contributed by atoms with Gasteiger partial charge in [0.25, 0.3) is 0 Å². The van der Waals surface area contributed by atoms with Crippen LogP contribution >= 0.6 is 0 Å². The highest BCUT2D eigenvalue weighted by Gasteiger charge is 2.43. The Hall–Kier alpha value is -1.38. The number of rotatable bonds is 3. The van der Waals surface area contributed by atoms with Crippen molar-refractivity contribution in [2.24, 2.45) is 17.8 Å². The molecule has 3 heteroatoms. The third-order valence-corrected chi connectivity index (χ3v) is 4.52. The number of ether oxygens (including phenoxy) is 1. The maximum absolute atomic E-state index is 13.9. The van der Waals surface area contributed by atoms with E-state index in [1.165, 1.54) is 19.6 Å². The van der Waals surface area contributed by atoms with Crippen molar-refractivity contribution in [2.45, 2.75) is 25.7 Å². The first kappa shape index (κ1) is 11.7. The van der Waals surface area contributed by atoms with Gasteiger partial charge in [0.1, 0.15) is 11.6 Å². The van der Waals surface area contributed by atoms with Gasteiger partial charge in [0.2, 0.25) is 0 Å². The number of carbonyl (C=O) groups is 1. The van der Waals surface area contributed by atoms with Gasteiger partial charge in [0.05, 0.1) is 12.7 Å². The molecule has 96 valence electrons. The summed E-state index contributed by atoms with van der Waals surface area (Å²) in [5, 5.41) is 0. The second kappa shape index (κ2) is 4.38. The van der Waals surface area contributed by atoms with E-state index in [0.717, 1.165) is 19.3 Å². The molecule has 2 aliphatic carbocycles. The lowest BCUT2D eigenvalue weighted by molar-refractivity contribution is 0.0870. The zero-order valence-electron chi connectivity index (χ0n) is 10.5. The number of Topliss-reactive ketones (excluding diaryl/α,β-unsaturated/α-hetero) is 1. The highest BCUT2D eigenvalue weighted by molar-refractivity contribution is 5.98. The van der Waals surface area contributed by atoms with Crippen LogP contribution in [0, 0.1) is 23.6 Å². The average Bonchev–Trinajstić information content (AvgIpc) is 3.00. The Morgan fingerprint density at radius 3 is 2.72 bits per heavy atom. The van der Waals surface area contributed by atoms with Crippen molar-refractivity contribution >= 4 is 5.78 Å². The Morgan fingerprint density at radius 1 is 1.33 bits per heavy atom. The zero-order chi connectivity index (χ0) is 12.7. The number of halogens is 1. The summed E-state index contributed by atoms with van der Waals surface area (Å²) in [6.45, 7) is 0. The van der Waals surface area contributed by atoms with Gasteiger partial charge in [-0.15, -0.1) is 0 Å². The standard InChI is InChI=1S/C15H17FO2/c1-18-11-4-5-12(14(16)8-11)15(17)13-7-9-2-3-10(13)6-9/h4-5,8-10,13H,2-3,6-7H2,1H3. The summed E-state index contributed by atoms with van der Waals surface area (Å²) in [4.78, 5) is 12.4. The first-order chi connectivity index (χ1) is 8.69. The van der Waals surface area contributed by atoms with Crippen molar-refractivity contribution in [1.29, 1.82) is 0 Å². The molecule has 2 aliphatic rings. The van der Waals surface area contributed by atoms with Gasteiger partial charge in [0, 0.05) is 12.0 Å². The molecule has 2 fully saturated rings. The molecule has 0 N–H and O–H groups in total. The third-order valence-electron chi connectivity index (χ3n) is 4.52. The molecule has 18 heavy (non-hydrogen) atoms. The van der Waals surface area contributed by atoms with Gasteiger partial charge in [0.15, 0.2) is 5.78 Å². The van der Waals surface area contributed by atoms with Crippen molar-refractivity contribution < 1.29 is 13.9 Å². The van der Waals surface area contributed by atoms with Crippen molar-refractivity contribution in [1.82, 2.24) is 0 Å². The topological polar surface area (TPSA) is 26.3 Å². The van der Waals surface area contributed by atoms with E-state index in [4.69, 9.17) is 4.74 Å². The molecule has 0 radical (unpaired) electrons. The van der Waals surface area contributed by atoms with Gasteiger partial charge in [-0.1, -0.05) is 6.42 Å². The van der Waals surface area contributed by atoms with Gasteiger partial charge in [-0.2, -0.15) is 0 Å². The van der Waals surface area contributed by atoms with Crippen LogP contribution in [-0.4, -0.2) is 12.9 Å². The lowest BCUT2D eigenvalue weighted by Crippen LogP contribution is -2.22. The maximum atomic E-state index is 13.9. The lowest BCUT2D eigenvalue weighted by atomic mass is 9.83. The third kappa shape index (κ3) is 1.82. The van der Waals surface area contributed by atoms with E-state index in [2.05, 4.69) is 0 Å². The molecule has 1 aromatic carbocycles. The van der Waals surface area contributed by atoms with Gasteiger partial charge >= 0.3 is 0 Å². The van der Waals surface area contributed by atoms with E-state index >= 15 is 0 Å². The minimum atomic E-state index is -0.456. The van der Waals surface area contributed by atoms with Gasteiger partial charge in [-0.3, -0.25) is 4.79 Å². The molecule has 0 spiro atoms. The first-order valence-corrected chi connectivity index (χ1v) is 6.57. The number of methoxy groups -OCH3 is 1. The largest absolute Gasteiger partial charge is 0.497 e. The molecule has 3 atom stereocenters. The van der Waals surface area contributed by atoms with E-state index in [1.54, 1.807) is 12.1 Å². The Bertz CT molecular complexity index is 483.